The number of unbranched alkanes of at least 4 members (excludes halogenated alkanes) is 3. The highest BCUT2D eigenvalue weighted by molar-refractivity contribution is 6.17. The molecule has 2 aromatic heterocycles. The van der Waals surface area contributed by atoms with Crippen molar-refractivity contribution in [3.05, 3.63) is 24.2 Å². The van der Waals surface area contributed by atoms with Crippen LogP contribution in [-0.2, 0) is 6.42 Å². The van der Waals surface area contributed by atoms with Crippen molar-refractivity contribution < 1.29 is 0 Å². The Morgan fingerprint density at radius 3 is 2.90 bits per heavy atom. The lowest BCUT2D eigenvalue weighted by Crippen LogP contribution is -2.10. The van der Waals surface area contributed by atoms with E-state index in [-0.39, 0.29) is 0 Å². The summed E-state index contributed by atoms with van der Waals surface area (Å²) in [5, 5.41) is 0. The Kier molecular flexibility index (Phi) is 5.84. The number of fused-ring (bicyclic) bond motifs is 1. The second-order valence-electron chi connectivity index (χ2n) is 5.38. The third kappa shape index (κ3) is 3.51. The topological polar surface area (TPSA) is 30.7 Å². The van der Waals surface area contributed by atoms with Crippen molar-refractivity contribution in [3.8, 4) is 0 Å². The van der Waals surface area contributed by atoms with Crippen molar-refractivity contribution >= 4 is 22.8 Å². The summed E-state index contributed by atoms with van der Waals surface area (Å²) >= 11 is 5.91. The monoisotopic (exact) mass is 293 g/mol. The van der Waals surface area contributed by atoms with E-state index < -0.39 is 0 Å². The molecule has 0 amide bonds. The zero-order valence-electron chi connectivity index (χ0n) is 12.5. The molecule has 0 bridgehead atoms. The first-order valence-electron chi connectivity index (χ1n) is 7.65. The number of aryl methyl sites for hydroxylation is 1. The molecule has 0 spiro atoms. The summed E-state index contributed by atoms with van der Waals surface area (Å²) in [7, 11) is 0. The largest absolute Gasteiger partial charge is 0.310 e. The van der Waals surface area contributed by atoms with Gasteiger partial charge in [0.05, 0.1) is 0 Å². The fourth-order valence-electron chi connectivity index (χ4n) is 2.70. The molecule has 2 aromatic rings. The van der Waals surface area contributed by atoms with Crippen LogP contribution in [0.25, 0.3) is 11.2 Å². The van der Waals surface area contributed by atoms with Gasteiger partial charge in [0.25, 0.3) is 0 Å². The van der Waals surface area contributed by atoms with Crippen LogP contribution in [0.2, 0.25) is 0 Å². The second kappa shape index (κ2) is 7.63. The molecule has 0 aliphatic rings. The van der Waals surface area contributed by atoms with E-state index in [1.807, 2.05) is 18.3 Å². The van der Waals surface area contributed by atoms with Crippen LogP contribution in [0.3, 0.4) is 0 Å². The average molecular weight is 294 g/mol. The second-order valence-corrected chi connectivity index (χ2v) is 5.76. The lowest BCUT2D eigenvalue weighted by atomic mass is 10.1. The molecule has 4 heteroatoms. The van der Waals surface area contributed by atoms with Gasteiger partial charge in [0.15, 0.2) is 5.65 Å². The highest BCUT2D eigenvalue weighted by atomic mass is 35.5. The molecule has 1 unspecified atom stereocenters. The van der Waals surface area contributed by atoms with Gasteiger partial charge in [-0.15, -0.1) is 11.6 Å². The molecule has 1 atom stereocenters. The van der Waals surface area contributed by atoms with Gasteiger partial charge in [-0.2, -0.15) is 0 Å². The van der Waals surface area contributed by atoms with Crippen LogP contribution >= 0.6 is 11.6 Å². The minimum Gasteiger partial charge on any atom is -0.310 e. The molecule has 0 fully saturated rings. The van der Waals surface area contributed by atoms with Crippen molar-refractivity contribution in [3.63, 3.8) is 0 Å². The molecule has 0 N–H and O–H groups in total. The van der Waals surface area contributed by atoms with Crippen LogP contribution in [0.4, 0.5) is 0 Å². The number of rotatable bonds is 8. The zero-order chi connectivity index (χ0) is 14.4. The Hall–Kier alpha value is -1.09. The molecular formula is C16H24ClN3. The van der Waals surface area contributed by atoms with Crippen LogP contribution in [0.1, 0.15) is 57.8 Å². The molecule has 0 radical (unpaired) electrons. The molecule has 2 heterocycles. The van der Waals surface area contributed by atoms with Gasteiger partial charge in [0, 0.05) is 24.5 Å². The van der Waals surface area contributed by atoms with Crippen molar-refractivity contribution in [2.45, 2.75) is 58.4 Å². The molecular weight excluding hydrogens is 270 g/mol. The molecule has 0 saturated carbocycles. The number of halogens is 1. The van der Waals surface area contributed by atoms with Crippen molar-refractivity contribution in [2.24, 2.45) is 0 Å². The SMILES string of the molecule is CCCCCCC(C)n1c(CCCl)nc2cccnc21. The summed E-state index contributed by atoms with van der Waals surface area (Å²) in [5.41, 5.74) is 1.98. The van der Waals surface area contributed by atoms with Gasteiger partial charge in [-0.3, -0.25) is 0 Å². The van der Waals surface area contributed by atoms with E-state index in [1.165, 1.54) is 32.1 Å². The molecule has 110 valence electrons. The lowest BCUT2D eigenvalue weighted by Gasteiger charge is -2.16. The van der Waals surface area contributed by atoms with E-state index in [0.29, 0.717) is 11.9 Å². The van der Waals surface area contributed by atoms with Gasteiger partial charge in [0.2, 0.25) is 0 Å². The van der Waals surface area contributed by atoms with Crippen LogP contribution in [0.15, 0.2) is 18.3 Å². The minimum absolute atomic E-state index is 0.435. The van der Waals surface area contributed by atoms with Crippen molar-refractivity contribution in [1.29, 1.82) is 0 Å². The number of hydrogen-bond donors (Lipinski definition) is 0. The number of imidazole rings is 1. The molecule has 0 aromatic carbocycles. The number of alkyl halides is 1. The highest BCUT2D eigenvalue weighted by Crippen LogP contribution is 2.24. The van der Waals surface area contributed by atoms with E-state index in [9.17, 15) is 0 Å². The van der Waals surface area contributed by atoms with Crippen LogP contribution in [0, 0.1) is 0 Å². The quantitative estimate of drug-likeness (QED) is 0.520. The van der Waals surface area contributed by atoms with Crippen LogP contribution in [0.5, 0.6) is 0 Å². The molecule has 20 heavy (non-hydrogen) atoms. The first-order valence-corrected chi connectivity index (χ1v) is 8.19. The molecule has 3 nitrogen and oxygen atoms in total. The molecule has 2 rings (SSSR count). The number of aromatic nitrogens is 3. The van der Waals surface area contributed by atoms with Gasteiger partial charge in [0.1, 0.15) is 11.3 Å². The molecule has 0 aliphatic carbocycles. The summed E-state index contributed by atoms with van der Waals surface area (Å²) < 4.78 is 2.28. The van der Waals surface area contributed by atoms with Gasteiger partial charge >= 0.3 is 0 Å². The Morgan fingerprint density at radius 1 is 1.30 bits per heavy atom. The Labute approximate surface area is 126 Å². The Bertz CT molecular complexity index is 536. The van der Waals surface area contributed by atoms with Gasteiger partial charge < -0.3 is 4.57 Å². The van der Waals surface area contributed by atoms with E-state index in [4.69, 9.17) is 11.6 Å². The summed E-state index contributed by atoms with van der Waals surface area (Å²) in [4.78, 5) is 9.19. The third-order valence-corrected chi connectivity index (χ3v) is 3.95. The first-order chi connectivity index (χ1) is 9.77. The minimum atomic E-state index is 0.435. The van der Waals surface area contributed by atoms with Crippen LogP contribution in [-0.4, -0.2) is 20.4 Å². The summed E-state index contributed by atoms with van der Waals surface area (Å²) in [6.45, 7) is 4.51. The highest BCUT2D eigenvalue weighted by Gasteiger charge is 2.15. The standard InChI is InChI=1S/C16H24ClN3/c1-3-4-5-6-8-13(2)20-15(10-11-17)19-14-9-7-12-18-16(14)20/h7,9,12-13H,3-6,8,10-11H2,1-2H3. The molecule has 0 saturated heterocycles. The fraction of sp³-hybridized carbons (Fsp3) is 0.625. The maximum atomic E-state index is 5.91. The van der Waals surface area contributed by atoms with Crippen LogP contribution < -0.4 is 0 Å². The van der Waals surface area contributed by atoms with Crippen molar-refractivity contribution in [2.75, 3.05) is 5.88 Å². The maximum Gasteiger partial charge on any atom is 0.160 e. The van der Waals surface area contributed by atoms with Gasteiger partial charge in [-0.25, -0.2) is 9.97 Å². The normalized spacial score (nSPS) is 12.9. The zero-order valence-corrected chi connectivity index (χ0v) is 13.2. The first kappa shape index (κ1) is 15.3. The summed E-state index contributed by atoms with van der Waals surface area (Å²) in [6.07, 6.45) is 9.00. The third-order valence-electron chi connectivity index (χ3n) is 3.76. The summed E-state index contributed by atoms with van der Waals surface area (Å²) in [5.74, 6) is 1.67. The number of pyridine rings is 1. The maximum absolute atomic E-state index is 5.91. The van der Waals surface area contributed by atoms with Gasteiger partial charge in [-0.05, 0) is 25.5 Å². The van der Waals surface area contributed by atoms with E-state index in [2.05, 4.69) is 28.4 Å². The molecule has 0 aliphatic heterocycles. The summed E-state index contributed by atoms with van der Waals surface area (Å²) in [6, 6.07) is 4.40. The smallest absolute Gasteiger partial charge is 0.160 e. The average Bonchev–Trinajstić information content (AvgIpc) is 2.82. The van der Waals surface area contributed by atoms with Crippen molar-refractivity contribution in [1.82, 2.24) is 14.5 Å². The Morgan fingerprint density at radius 2 is 2.15 bits per heavy atom. The van der Waals surface area contributed by atoms with E-state index in [1.54, 1.807) is 0 Å². The Balaban J connectivity index is 2.19. The van der Waals surface area contributed by atoms with E-state index >= 15 is 0 Å². The predicted octanol–water partition coefficient (Wildman–Crippen LogP) is 4.74. The number of nitrogens with zero attached hydrogens (tertiary/aromatic N) is 3. The van der Waals surface area contributed by atoms with E-state index in [0.717, 1.165) is 23.4 Å². The number of hydrogen-bond acceptors (Lipinski definition) is 2. The van der Waals surface area contributed by atoms with Gasteiger partial charge in [-0.1, -0.05) is 32.6 Å². The predicted molar refractivity (Wildman–Crippen MR) is 85.4 cm³/mol. The fourth-order valence-corrected chi connectivity index (χ4v) is 2.87. The lowest BCUT2D eigenvalue weighted by molar-refractivity contribution is 0.468.